The van der Waals surface area contributed by atoms with Crippen molar-refractivity contribution in [3.05, 3.63) is 114 Å². The van der Waals surface area contributed by atoms with Crippen molar-refractivity contribution in [2.24, 2.45) is 5.92 Å². The maximum absolute atomic E-state index is 14.3. The van der Waals surface area contributed by atoms with E-state index >= 15 is 0 Å². The van der Waals surface area contributed by atoms with Crippen LogP contribution in [0.25, 0.3) is 32.7 Å². The Kier molecular flexibility index (Phi) is 6.34. The summed E-state index contributed by atoms with van der Waals surface area (Å²) in [6.45, 7) is 7.14. The minimum atomic E-state index is -0.666. The summed E-state index contributed by atoms with van der Waals surface area (Å²) in [5.41, 5.74) is 6.64. The van der Waals surface area contributed by atoms with Crippen LogP contribution in [-0.4, -0.2) is 32.3 Å². The second kappa shape index (κ2) is 10.2. The predicted molar refractivity (Wildman–Crippen MR) is 170 cm³/mol. The molecule has 3 heterocycles. The Labute approximate surface area is 244 Å². The minimum absolute atomic E-state index is 0.0679. The molecule has 0 aliphatic carbocycles. The zero-order valence-electron chi connectivity index (χ0n) is 24.1. The molecular formula is C36H34N4O2. The molecule has 4 aromatic carbocycles. The number of carbonyl (C=O) groups is 2. The summed E-state index contributed by atoms with van der Waals surface area (Å²) in [5.74, 6) is -0.349. The largest absolute Gasteiger partial charge is 0.361 e. The number of hydrogen-bond acceptors (Lipinski definition) is 2. The molecule has 6 heteroatoms. The molecule has 2 aromatic heterocycles. The highest BCUT2D eigenvalue weighted by molar-refractivity contribution is 6.10. The molecule has 0 spiro atoms. The van der Waals surface area contributed by atoms with Gasteiger partial charge in [-0.3, -0.25) is 9.59 Å². The third-order valence-electron chi connectivity index (χ3n) is 9.02. The third kappa shape index (κ3) is 3.93. The van der Waals surface area contributed by atoms with Gasteiger partial charge in [0, 0.05) is 62.3 Å². The Bertz CT molecular complexity index is 1980. The number of carbonyl (C=O) groups excluding carboxylic acids is 2. The fourth-order valence-electron chi connectivity index (χ4n) is 6.83. The fourth-order valence-corrected chi connectivity index (χ4v) is 6.83. The molecular weight excluding hydrogens is 520 g/mol. The summed E-state index contributed by atoms with van der Waals surface area (Å²) < 4.78 is 2.30. The van der Waals surface area contributed by atoms with E-state index in [0.717, 1.165) is 57.0 Å². The zero-order valence-corrected chi connectivity index (χ0v) is 24.1. The van der Waals surface area contributed by atoms with Gasteiger partial charge in [-0.25, -0.2) is 0 Å². The molecule has 2 N–H and O–H groups in total. The van der Waals surface area contributed by atoms with Crippen LogP contribution in [0.15, 0.2) is 97.2 Å². The van der Waals surface area contributed by atoms with Gasteiger partial charge in [-0.1, -0.05) is 74.9 Å². The smallest absolute Gasteiger partial charge is 0.255 e. The molecule has 0 saturated carbocycles. The van der Waals surface area contributed by atoms with E-state index in [-0.39, 0.29) is 23.8 Å². The van der Waals surface area contributed by atoms with Crippen molar-refractivity contribution in [2.45, 2.75) is 45.8 Å². The number of aryl methyl sites for hydroxylation is 1. The van der Waals surface area contributed by atoms with Gasteiger partial charge in [0.1, 0.15) is 6.04 Å². The van der Waals surface area contributed by atoms with E-state index in [2.05, 4.69) is 72.0 Å². The Morgan fingerprint density at radius 1 is 0.857 bits per heavy atom. The Morgan fingerprint density at radius 2 is 1.57 bits per heavy atom. The topological polar surface area (TPSA) is 70.1 Å². The number of H-pyrrole nitrogens is 1. The molecule has 1 aliphatic rings. The number of anilines is 1. The molecule has 0 fully saturated rings. The number of amides is 2. The van der Waals surface area contributed by atoms with Crippen LogP contribution in [-0.2, 0) is 11.3 Å². The van der Waals surface area contributed by atoms with Crippen molar-refractivity contribution in [3.63, 3.8) is 0 Å². The number of aromatic amines is 1. The number of rotatable bonds is 7. The molecule has 7 rings (SSSR count). The van der Waals surface area contributed by atoms with Gasteiger partial charge in [0.25, 0.3) is 5.91 Å². The zero-order chi connectivity index (χ0) is 29.0. The lowest BCUT2D eigenvalue weighted by atomic mass is 9.92. The highest BCUT2D eigenvalue weighted by atomic mass is 16.2. The first-order chi connectivity index (χ1) is 20.5. The van der Waals surface area contributed by atoms with E-state index in [9.17, 15) is 9.59 Å². The molecule has 6 aromatic rings. The average Bonchev–Trinajstić information content (AvgIpc) is 3.67. The van der Waals surface area contributed by atoms with E-state index in [4.69, 9.17) is 0 Å². The molecule has 3 unspecified atom stereocenters. The number of nitrogens with zero attached hydrogens (tertiary/aromatic N) is 2. The van der Waals surface area contributed by atoms with Gasteiger partial charge in [-0.2, -0.15) is 0 Å². The molecule has 6 nitrogen and oxygen atoms in total. The van der Waals surface area contributed by atoms with Crippen LogP contribution < -0.4 is 5.32 Å². The van der Waals surface area contributed by atoms with Gasteiger partial charge in [-0.15, -0.1) is 0 Å². The third-order valence-corrected chi connectivity index (χ3v) is 9.02. The quantitative estimate of drug-likeness (QED) is 0.211. The molecule has 2 amide bonds. The lowest BCUT2D eigenvalue weighted by Crippen LogP contribution is -2.49. The van der Waals surface area contributed by atoms with Crippen LogP contribution in [0.5, 0.6) is 0 Å². The summed E-state index contributed by atoms with van der Waals surface area (Å²) in [5, 5.41) is 6.54. The molecule has 3 atom stereocenters. The number of benzene rings is 4. The van der Waals surface area contributed by atoms with E-state index in [1.54, 1.807) is 0 Å². The molecule has 0 radical (unpaired) electrons. The molecule has 0 saturated heterocycles. The summed E-state index contributed by atoms with van der Waals surface area (Å²) >= 11 is 0. The first-order valence-electron chi connectivity index (χ1n) is 14.8. The SMILES string of the molecule is CCC(C)C(C(=O)Nc1ccc2c(c1)c1ccccc1n2CC)N1C(=O)c2ccccc2C1c1c[nH]c2ccccc12. The van der Waals surface area contributed by atoms with Crippen LogP contribution >= 0.6 is 0 Å². The lowest BCUT2D eigenvalue weighted by molar-refractivity contribution is -0.122. The van der Waals surface area contributed by atoms with E-state index in [0.29, 0.717) is 5.56 Å². The monoisotopic (exact) mass is 554 g/mol. The van der Waals surface area contributed by atoms with Crippen molar-refractivity contribution >= 4 is 50.2 Å². The number of aromatic nitrogens is 2. The van der Waals surface area contributed by atoms with Crippen molar-refractivity contribution in [1.82, 2.24) is 14.5 Å². The van der Waals surface area contributed by atoms with Gasteiger partial charge < -0.3 is 19.8 Å². The van der Waals surface area contributed by atoms with Crippen molar-refractivity contribution < 1.29 is 9.59 Å². The van der Waals surface area contributed by atoms with Gasteiger partial charge >= 0.3 is 0 Å². The average molecular weight is 555 g/mol. The van der Waals surface area contributed by atoms with Crippen molar-refractivity contribution in [2.75, 3.05) is 5.32 Å². The number of nitrogens with one attached hydrogen (secondary N) is 2. The predicted octanol–water partition coefficient (Wildman–Crippen LogP) is 7.89. The van der Waals surface area contributed by atoms with Gasteiger partial charge in [-0.05, 0) is 54.8 Å². The lowest BCUT2D eigenvalue weighted by Gasteiger charge is -2.36. The highest BCUT2D eigenvalue weighted by Crippen LogP contribution is 2.44. The Morgan fingerprint density at radius 3 is 2.38 bits per heavy atom. The number of para-hydroxylation sites is 2. The molecule has 210 valence electrons. The summed E-state index contributed by atoms with van der Waals surface area (Å²) in [6.07, 6.45) is 2.74. The van der Waals surface area contributed by atoms with Crippen molar-refractivity contribution in [1.29, 1.82) is 0 Å². The van der Waals surface area contributed by atoms with Crippen LogP contribution in [0, 0.1) is 5.92 Å². The van der Waals surface area contributed by atoms with Gasteiger partial charge in [0.15, 0.2) is 0 Å². The Balaban J connectivity index is 1.31. The van der Waals surface area contributed by atoms with E-state index in [1.165, 1.54) is 5.52 Å². The standard InChI is InChI=1S/C36H34N4O2/c1-4-22(3)33(35(41)38-23-18-19-32-28(20-23)25-13-9-11-17-31(25)39(32)5-2)40-34(26-14-6-7-15-27(26)36(40)42)29-21-37-30-16-10-8-12-24(29)30/h6-22,33-34,37H,4-5H2,1-3H3,(H,38,41). The van der Waals surface area contributed by atoms with Gasteiger partial charge in [0.2, 0.25) is 5.91 Å². The number of hydrogen-bond donors (Lipinski definition) is 2. The van der Waals surface area contributed by atoms with E-state index < -0.39 is 6.04 Å². The second-order valence-electron chi connectivity index (χ2n) is 11.3. The molecule has 0 bridgehead atoms. The minimum Gasteiger partial charge on any atom is -0.361 e. The summed E-state index contributed by atoms with van der Waals surface area (Å²) in [7, 11) is 0. The second-order valence-corrected chi connectivity index (χ2v) is 11.3. The maximum Gasteiger partial charge on any atom is 0.255 e. The first kappa shape index (κ1) is 26.1. The summed E-state index contributed by atoms with van der Waals surface area (Å²) in [4.78, 5) is 33.7. The molecule has 42 heavy (non-hydrogen) atoms. The van der Waals surface area contributed by atoms with Crippen LogP contribution in [0.1, 0.15) is 54.7 Å². The first-order valence-corrected chi connectivity index (χ1v) is 14.8. The van der Waals surface area contributed by atoms with Crippen LogP contribution in [0.4, 0.5) is 5.69 Å². The molecule has 1 aliphatic heterocycles. The van der Waals surface area contributed by atoms with Crippen LogP contribution in [0.3, 0.4) is 0 Å². The normalized spacial score (nSPS) is 16.3. The van der Waals surface area contributed by atoms with Gasteiger partial charge in [0.05, 0.1) is 6.04 Å². The summed E-state index contributed by atoms with van der Waals surface area (Å²) in [6, 6.07) is 29.3. The van der Waals surface area contributed by atoms with Crippen LogP contribution in [0.2, 0.25) is 0 Å². The maximum atomic E-state index is 14.3. The fraction of sp³-hybridized carbons (Fsp3) is 0.222. The van der Waals surface area contributed by atoms with Crippen molar-refractivity contribution in [3.8, 4) is 0 Å². The number of fused-ring (bicyclic) bond motifs is 5. The Hall–Kier alpha value is -4.84. The van der Waals surface area contributed by atoms with E-state index in [1.807, 2.05) is 65.7 Å². The highest BCUT2D eigenvalue weighted by Gasteiger charge is 2.46.